The van der Waals surface area contributed by atoms with Crippen LogP contribution in [0.5, 0.6) is 0 Å². The Bertz CT molecular complexity index is 289. The van der Waals surface area contributed by atoms with Crippen molar-refractivity contribution in [1.82, 2.24) is 15.5 Å². The normalized spacial score (nSPS) is 21.4. The van der Waals surface area contributed by atoms with Crippen molar-refractivity contribution in [2.75, 3.05) is 38.7 Å². The van der Waals surface area contributed by atoms with Gasteiger partial charge in [-0.1, -0.05) is 0 Å². The Morgan fingerprint density at radius 3 is 2.50 bits per heavy atom. The number of rotatable bonds is 6. The first kappa shape index (κ1) is 18.4. The van der Waals surface area contributed by atoms with E-state index in [1.54, 1.807) is 0 Å². The Kier molecular flexibility index (Phi) is 9.28. The summed E-state index contributed by atoms with van der Waals surface area (Å²) in [5.74, 6) is 2.19. The molecular weight excluding hydrogens is 383 g/mol. The zero-order chi connectivity index (χ0) is 13.5. The summed E-state index contributed by atoms with van der Waals surface area (Å²) in [6.07, 6.45) is 8.71. The smallest absolute Gasteiger partial charge is 0.191 e. The summed E-state index contributed by atoms with van der Waals surface area (Å²) in [5, 5.41) is 6.98. The van der Waals surface area contributed by atoms with Gasteiger partial charge in [0, 0.05) is 38.8 Å². The van der Waals surface area contributed by atoms with Gasteiger partial charge in [-0.25, -0.2) is 0 Å². The number of halogens is 1. The summed E-state index contributed by atoms with van der Waals surface area (Å²) < 4.78 is 0. The van der Waals surface area contributed by atoms with Gasteiger partial charge in [0.05, 0.1) is 0 Å². The molecule has 4 nitrogen and oxygen atoms in total. The van der Waals surface area contributed by atoms with Gasteiger partial charge < -0.3 is 15.5 Å². The SMILES string of the molecule is CN=C(NCCCSC)NC1CCN(C2CC2)CC1.I. The highest BCUT2D eigenvalue weighted by atomic mass is 127. The third-order valence-corrected chi connectivity index (χ3v) is 4.67. The van der Waals surface area contributed by atoms with Gasteiger partial charge in [0.2, 0.25) is 0 Å². The first-order valence-corrected chi connectivity index (χ1v) is 8.93. The van der Waals surface area contributed by atoms with Crippen LogP contribution in [0.3, 0.4) is 0 Å². The Hall–Kier alpha value is 0.310. The lowest BCUT2D eigenvalue weighted by Gasteiger charge is -2.33. The van der Waals surface area contributed by atoms with Crippen molar-refractivity contribution in [2.45, 2.75) is 44.2 Å². The predicted molar refractivity (Wildman–Crippen MR) is 101 cm³/mol. The van der Waals surface area contributed by atoms with Gasteiger partial charge in [-0.3, -0.25) is 4.99 Å². The minimum absolute atomic E-state index is 0. The topological polar surface area (TPSA) is 39.7 Å². The number of hydrogen-bond donors (Lipinski definition) is 2. The van der Waals surface area contributed by atoms with E-state index in [-0.39, 0.29) is 24.0 Å². The maximum atomic E-state index is 4.32. The van der Waals surface area contributed by atoms with Gasteiger partial charge in [0.15, 0.2) is 5.96 Å². The number of thioether (sulfide) groups is 1. The second-order valence-corrected chi connectivity index (χ2v) is 6.52. The zero-order valence-electron chi connectivity index (χ0n) is 12.7. The van der Waals surface area contributed by atoms with E-state index < -0.39 is 0 Å². The van der Waals surface area contributed by atoms with Crippen LogP contribution in [-0.4, -0.2) is 61.6 Å². The van der Waals surface area contributed by atoms with Gasteiger partial charge in [-0.2, -0.15) is 11.8 Å². The second kappa shape index (κ2) is 10.1. The fraction of sp³-hybridized carbons (Fsp3) is 0.929. The molecule has 2 aliphatic rings. The molecule has 1 saturated heterocycles. The maximum Gasteiger partial charge on any atom is 0.191 e. The molecule has 0 radical (unpaired) electrons. The van der Waals surface area contributed by atoms with Gasteiger partial charge in [0.25, 0.3) is 0 Å². The average molecular weight is 412 g/mol. The highest BCUT2D eigenvalue weighted by Gasteiger charge is 2.31. The van der Waals surface area contributed by atoms with Crippen LogP contribution in [0.15, 0.2) is 4.99 Å². The molecule has 1 saturated carbocycles. The largest absolute Gasteiger partial charge is 0.356 e. The Morgan fingerprint density at radius 1 is 1.25 bits per heavy atom. The Balaban J connectivity index is 0.00000200. The minimum Gasteiger partial charge on any atom is -0.356 e. The first-order chi connectivity index (χ1) is 9.33. The molecule has 0 spiro atoms. The number of nitrogens with zero attached hydrogens (tertiary/aromatic N) is 2. The Morgan fingerprint density at radius 2 is 1.95 bits per heavy atom. The molecule has 0 aromatic carbocycles. The molecule has 1 heterocycles. The van der Waals surface area contributed by atoms with E-state index in [4.69, 9.17) is 0 Å². The molecule has 6 heteroatoms. The van der Waals surface area contributed by atoms with Crippen molar-refractivity contribution < 1.29 is 0 Å². The molecule has 2 rings (SSSR count). The standard InChI is InChI=1S/C14H28N4S.HI/c1-15-14(16-8-3-11-19-2)17-12-6-9-18(10-7-12)13-4-5-13;/h12-13H,3-11H2,1-2H3,(H2,15,16,17);1H. The molecule has 0 atom stereocenters. The molecule has 0 aromatic heterocycles. The molecular formula is C14H29IN4S. The van der Waals surface area contributed by atoms with Crippen molar-refractivity contribution in [2.24, 2.45) is 4.99 Å². The molecule has 118 valence electrons. The lowest BCUT2D eigenvalue weighted by molar-refractivity contribution is 0.197. The van der Waals surface area contributed by atoms with Crippen LogP contribution in [0.25, 0.3) is 0 Å². The molecule has 0 unspecified atom stereocenters. The number of aliphatic imine (C=N–C) groups is 1. The summed E-state index contributed by atoms with van der Waals surface area (Å²) in [7, 11) is 1.86. The van der Waals surface area contributed by atoms with E-state index in [9.17, 15) is 0 Å². The summed E-state index contributed by atoms with van der Waals surface area (Å²) >= 11 is 1.90. The minimum atomic E-state index is 0. The van der Waals surface area contributed by atoms with E-state index in [0.29, 0.717) is 6.04 Å². The van der Waals surface area contributed by atoms with Crippen LogP contribution in [-0.2, 0) is 0 Å². The van der Waals surface area contributed by atoms with Crippen molar-refractivity contribution >= 4 is 41.7 Å². The third kappa shape index (κ3) is 6.39. The molecule has 1 aliphatic carbocycles. The summed E-state index contributed by atoms with van der Waals surface area (Å²) in [4.78, 5) is 6.98. The van der Waals surface area contributed by atoms with E-state index in [1.165, 1.54) is 50.9 Å². The van der Waals surface area contributed by atoms with E-state index in [0.717, 1.165) is 18.5 Å². The molecule has 0 amide bonds. The van der Waals surface area contributed by atoms with Gasteiger partial charge >= 0.3 is 0 Å². The predicted octanol–water partition coefficient (Wildman–Crippen LogP) is 2.15. The van der Waals surface area contributed by atoms with E-state index >= 15 is 0 Å². The molecule has 2 fully saturated rings. The fourth-order valence-corrected chi connectivity index (χ4v) is 3.09. The molecule has 1 aliphatic heterocycles. The third-order valence-electron chi connectivity index (χ3n) is 3.97. The van der Waals surface area contributed by atoms with Gasteiger partial charge in [0.1, 0.15) is 0 Å². The number of guanidine groups is 1. The number of piperidine rings is 1. The van der Waals surface area contributed by atoms with Crippen LogP contribution in [0, 0.1) is 0 Å². The van der Waals surface area contributed by atoms with Crippen molar-refractivity contribution in [3.05, 3.63) is 0 Å². The monoisotopic (exact) mass is 412 g/mol. The van der Waals surface area contributed by atoms with Crippen LogP contribution in [0.1, 0.15) is 32.1 Å². The van der Waals surface area contributed by atoms with Crippen molar-refractivity contribution in [3.63, 3.8) is 0 Å². The van der Waals surface area contributed by atoms with E-state index in [2.05, 4.69) is 26.8 Å². The van der Waals surface area contributed by atoms with Crippen LogP contribution < -0.4 is 10.6 Å². The number of hydrogen-bond acceptors (Lipinski definition) is 3. The van der Waals surface area contributed by atoms with Crippen molar-refractivity contribution in [1.29, 1.82) is 0 Å². The second-order valence-electron chi connectivity index (χ2n) is 5.53. The lowest BCUT2D eigenvalue weighted by Crippen LogP contribution is -2.49. The summed E-state index contributed by atoms with van der Waals surface area (Å²) in [6.45, 7) is 3.53. The average Bonchev–Trinajstić information content (AvgIpc) is 3.27. The Labute approximate surface area is 144 Å². The molecule has 0 aromatic rings. The summed E-state index contributed by atoms with van der Waals surface area (Å²) in [6, 6.07) is 1.52. The van der Waals surface area contributed by atoms with Crippen LogP contribution >= 0.6 is 35.7 Å². The van der Waals surface area contributed by atoms with Gasteiger partial charge in [-0.15, -0.1) is 24.0 Å². The van der Waals surface area contributed by atoms with E-state index in [1.807, 2.05) is 18.8 Å². The highest BCUT2D eigenvalue weighted by molar-refractivity contribution is 14.0. The van der Waals surface area contributed by atoms with Gasteiger partial charge in [-0.05, 0) is 44.1 Å². The van der Waals surface area contributed by atoms with Crippen molar-refractivity contribution in [3.8, 4) is 0 Å². The van der Waals surface area contributed by atoms with Crippen LogP contribution in [0.4, 0.5) is 0 Å². The molecule has 0 bridgehead atoms. The number of likely N-dealkylation sites (tertiary alicyclic amines) is 1. The molecule has 20 heavy (non-hydrogen) atoms. The highest BCUT2D eigenvalue weighted by Crippen LogP contribution is 2.29. The van der Waals surface area contributed by atoms with Crippen LogP contribution in [0.2, 0.25) is 0 Å². The zero-order valence-corrected chi connectivity index (χ0v) is 15.9. The first-order valence-electron chi connectivity index (χ1n) is 7.53. The fourth-order valence-electron chi connectivity index (χ4n) is 2.66. The summed E-state index contributed by atoms with van der Waals surface area (Å²) in [5.41, 5.74) is 0. The molecule has 2 N–H and O–H groups in total. The lowest BCUT2D eigenvalue weighted by atomic mass is 10.1. The quantitative estimate of drug-likeness (QED) is 0.304. The number of nitrogens with one attached hydrogen (secondary N) is 2. The maximum absolute atomic E-state index is 4.32.